The number of fused-ring (bicyclic) bond motifs is 2. The van der Waals surface area contributed by atoms with Gasteiger partial charge in [-0.25, -0.2) is 16.8 Å². The Labute approximate surface area is 540 Å². The second-order valence-electron chi connectivity index (χ2n) is 24.3. The average Bonchev–Trinajstić information content (AvgIpc) is 3.47. The molecule has 0 amide bonds. The SMILES string of the molecule is CCCCCCCCCCCCCc1ccc2cc(S(=O)(=O)[O-])c(CCCCCCCCCCCCC)cc2c1.CCCCCCCCCCCCCc1ccc2cc(S(=O)(=O)[O-])c(CCCCCCCCCCCCC)cc2c1.[Ba+2]. The van der Waals surface area contributed by atoms with E-state index in [9.17, 15) is 25.9 Å². The molecule has 6 nitrogen and oxygen atoms in total. The van der Waals surface area contributed by atoms with Gasteiger partial charge in [0.25, 0.3) is 0 Å². The summed E-state index contributed by atoms with van der Waals surface area (Å²) in [6.45, 7) is 9.05. The Morgan fingerprint density at radius 2 is 0.469 bits per heavy atom. The Bertz CT molecular complexity index is 2230. The van der Waals surface area contributed by atoms with Crippen LogP contribution in [0.5, 0.6) is 0 Å². The van der Waals surface area contributed by atoms with Crippen LogP contribution in [0.15, 0.2) is 70.5 Å². The molecule has 0 heterocycles. The molecular formula is C72H118BaO6S2. The summed E-state index contributed by atoms with van der Waals surface area (Å²) in [6, 6.07) is 19.8. The zero-order valence-corrected chi connectivity index (χ0v) is 58.8. The molecular weight excluding hydrogens is 1160 g/mol. The predicted octanol–water partition coefficient (Wildman–Crippen LogP) is 22.5. The summed E-state index contributed by atoms with van der Waals surface area (Å²) in [4.78, 5) is -0.0459. The Kier molecular flexibility index (Phi) is 45.8. The van der Waals surface area contributed by atoms with Crippen molar-refractivity contribution in [1.29, 1.82) is 0 Å². The van der Waals surface area contributed by atoms with Crippen LogP contribution >= 0.6 is 0 Å². The van der Waals surface area contributed by atoms with E-state index in [0.717, 1.165) is 60.1 Å². The molecule has 0 fully saturated rings. The van der Waals surface area contributed by atoms with Gasteiger partial charge in [0, 0.05) is 0 Å². The fourth-order valence-electron chi connectivity index (χ4n) is 11.9. The van der Waals surface area contributed by atoms with Crippen LogP contribution in [-0.4, -0.2) is 74.8 Å². The maximum atomic E-state index is 12.0. The van der Waals surface area contributed by atoms with Crippen molar-refractivity contribution in [3.05, 3.63) is 82.9 Å². The van der Waals surface area contributed by atoms with Gasteiger partial charge in [-0.1, -0.05) is 321 Å². The van der Waals surface area contributed by atoms with Gasteiger partial charge in [-0.3, -0.25) is 0 Å². The van der Waals surface area contributed by atoms with Crippen LogP contribution in [0, 0.1) is 0 Å². The number of unbranched alkanes of at least 4 members (excludes halogenated alkanes) is 40. The summed E-state index contributed by atoms with van der Waals surface area (Å²) in [7, 11) is -8.97. The van der Waals surface area contributed by atoms with Crippen LogP contribution in [0.3, 0.4) is 0 Å². The topological polar surface area (TPSA) is 114 Å². The van der Waals surface area contributed by atoms with Gasteiger partial charge >= 0.3 is 48.9 Å². The number of rotatable bonds is 50. The fourth-order valence-corrected chi connectivity index (χ4v) is 13.4. The minimum atomic E-state index is -4.48. The molecule has 0 spiro atoms. The van der Waals surface area contributed by atoms with Gasteiger partial charge in [0.15, 0.2) is 0 Å². The summed E-state index contributed by atoms with van der Waals surface area (Å²) >= 11 is 0. The van der Waals surface area contributed by atoms with Crippen LogP contribution in [0.4, 0.5) is 0 Å². The summed E-state index contributed by atoms with van der Waals surface area (Å²) in [5, 5.41) is 3.82. The van der Waals surface area contributed by atoms with E-state index in [-0.39, 0.29) is 58.7 Å². The molecule has 0 aromatic heterocycles. The summed E-state index contributed by atoms with van der Waals surface area (Å²) in [5.74, 6) is 0. The van der Waals surface area contributed by atoms with Crippen molar-refractivity contribution in [2.24, 2.45) is 0 Å². The van der Waals surface area contributed by atoms with E-state index in [1.165, 1.54) is 268 Å². The van der Waals surface area contributed by atoms with E-state index < -0.39 is 20.2 Å². The largest absolute Gasteiger partial charge is 2.00 e. The third-order valence-electron chi connectivity index (χ3n) is 16.9. The van der Waals surface area contributed by atoms with Crippen molar-refractivity contribution < 1.29 is 25.9 Å². The summed E-state index contributed by atoms with van der Waals surface area (Å²) in [5.41, 5.74) is 4.01. The Hall–Kier alpha value is -1.21. The molecule has 456 valence electrons. The smallest absolute Gasteiger partial charge is 0.744 e. The molecule has 0 saturated carbocycles. The molecule has 9 heteroatoms. The van der Waals surface area contributed by atoms with E-state index in [0.29, 0.717) is 24.0 Å². The molecule has 4 aromatic rings. The molecule has 0 radical (unpaired) electrons. The van der Waals surface area contributed by atoms with Crippen molar-refractivity contribution >= 4 is 90.7 Å². The normalized spacial score (nSPS) is 11.8. The van der Waals surface area contributed by atoms with Gasteiger partial charge in [0.1, 0.15) is 20.2 Å². The number of aryl methyl sites for hydroxylation is 4. The van der Waals surface area contributed by atoms with Crippen molar-refractivity contribution in [2.45, 2.75) is 346 Å². The van der Waals surface area contributed by atoms with E-state index in [1.807, 2.05) is 24.3 Å². The quantitative estimate of drug-likeness (QED) is 0.0247. The van der Waals surface area contributed by atoms with Crippen LogP contribution in [0.1, 0.15) is 332 Å². The van der Waals surface area contributed by atoms with E-state index in [4.69, 9.17) is 0 Å². The van der Waals surface area contributed by atoms with E-state index in [1.54, 1.807) is 12.1 Å². The fraction of sp³-hybridized carbons (Fsp3) is 0.722. The zero-order valence-electron chi connectivity index (χ0n) is 52.7. The van der Waals surface area contributed by atoms with Crippen LogP contribution in [-0.2, 0) is 45.9 Å². The first-order valence-corrected chi connectivity index (χ1v) is 36.8. The zero-order chi connectivity index (χ0) is 57.8. The average molecular weight is 1280 g/mol. The Morgan fingerprint density at radius 3 is 0.691 bits per heavy atom. The Balaban J connectivity index is 0.000000547. The second-order valence-corrected chi connectivity index (χ2v) is 27.0. The molecule has 0 atom stereocenters. The molecule has 0 aliphatic carbocycles. The van der Waals surface area contributed by atoms with Crippen LogP contribution in [0.2, 0.25) is 0 Å². The maximum absolute atomic E-state index is 12.0. The van der Waals surface area contributed by atoms with Crippen molar-refractivity contribution in [3.63, 3.8) is 0 Å². The molecule has 81 heavy (non-hydrogen) atoms. The van der Waals surface area contributed by atoms with Gasteiger partial charge < -0.3 is 9.11 Å². The second kappa shape index (κ2) is 48.9. The third kappa shape index (κ3) is 36.5. The number of benzene rings is 4. The van der Waals surface area contributed by atoms with Crippen molar-refractivity contribution in [1.82, 2.24) is 0 Å². The van der Waals surface area contributed by atoms with Gasteiger partial charge in [-0.05, 0) is 119 Å². The van der Waals surface area contributed by atoms with Gasteiger partial charge in [0.05, 0.1) is 9.79 Å². The van der Waals surface area contributed by atoms with Crippen molar-refractivity contribution in [2.75, 3.05) is 0 Å². The standard InChI is InChI=1S/2C36H60O3S.Ba/c2*1-3-5-7-9-11-13-15-17-19-21-23-25-32-27-28-33-31-36(40(37,38)39)34(30-35(33)29-32)26-24-22-20-18-16-14-12-10-8-6-4-2;/h2*27-31H,3-26H2,1-2H3,(H,37,38,39);/q;;+2/p-2. The van der Waals surface area contributed by atoms with Crippen LogP contribution < -0.4 is 0 Å². The third-order valence-corrected chi connectivity index (χ3v) is 18.8. The van der Waals surface area contributed by atoms with Crippen molar-refractivity contribution in [3.8, 4) is 0 Å². The molecule has 0 aliphatic rings. The number of hydrogen-bond donors (Lipinski definition) is 0. The van der Waals surface area contributed by atoms with E-state index >= 15 is 0 Å². The molecule has 4 aromatic carbocycles. The van der Waals surface area contributed by atoms with Gasteiger partial charge in [0.2, 0.25) is 0 Å². The first-order chi connectivity index (χ1) is 38.9. The van der Waals surface area contributed by atoms with E-state index in [2.05, 4.69) is 52.0 Å². The maximum Gasteiger partial charge on any atom is 2.00 e. The van der Waals surface area contributed by atoms with Crippen LogP contribution in [0.25, 0.3) is 21.5 Å². The molecule has 4 rings (SSSR count). The summed E-state index contributed by atoms with van der Waals surface area (Å²) < 4.78 is 72.2. The molecule has 0 bridgehead atoms. The molecule has 0 saturated heterocycles. The monoisotopic (exact) mass is 1280 g/mol. The molecule has 0 unspecified atom stereocenters. The summed E-state index contributed by atoms with van der Waals surface area (Å²) in [6.07, 6.45) is 60.6. The minimum absolute atomic E-state index is 0. The van der Waals surface area contributed by atoms with Gasteiger partial charge in [-0.15, -0.1) is 0 Å². The first kappa shape index (κ1) is 75.9. The van der Waals surface area contributed by atoms with Gasteiger partial charge in [-0.2, -0.15) is 0 Å². The Morgan fingerprint density at radius 1 is 0.259 bits per heavy atom. The molecule has 0 aliphatic heterocycles. The first-order valence-electron chi connectivity index (χ1n) is 33.9. The number of hydrogen-bond acceptors (Lipinski definition) is 6. The predicted molar refractivity (Wildman–Crippen MR) is 350 cm³/mol. The minimum Gasteiger partial charge on any atom is -0.744 e. The molecule has 0 N–H and O–H groups in total.